The number of aliphatic hydroxyl groups is 2. The molecule has 0 radical (unpaired) electrons. The molecule has 0 aromatic carbocycles. The van der Waals surface area contributed by atoms with E-state index in [2.05, 4.69) is 167 Å². The van der Waals surface area contributed by atoms with Crippen molar-refractivity contribution in [3.8, 4) is 0 Å². The zero-order valence-electron chi connectivity index (χ0n) is 75.8. The summed E-state index contributed by atoms with van der Waals surface area (Å²) in [5.41, 5.74) is 0. The minimum absolute atomic E-state index is 0.0805. The van der Waals surface area contributed by atoms with E-state index in [0.717, 1.165) is 148 Å². The molecule has 0 aromatic heterocycles. The topological polar surface area (TPSA) is 231 Å². The van der Waals surface area contributed by atoms with Crippen molar-refractivity contribution in [3.05, 3.63) is 146 Å². The Morgan fingerprint density at radius 1 is 0.235 bits per heavy atom. The highest BCUT2D eigenvalue weighted by molar-refractivity contribution is 7.47. The first-order valence-electron chi connectivity index (χ1n) is 48.1. The molecule has 16 nitrogen and oxygen atoms in total. The number of carbonyl (C=O) groups excluding carboxylic acids is 3. The van der Waals surface area contributed by atoms with Crippen LogP contribution in [0.15, 0.2) is 146 Å². The molecule has 0 heterocycles. The normalized spacial score (nSPS) is 14.4. The Kier molecular flexibility index (Phi) is 89.1. The fourth-order valence-electron chi connectivity index (χ4n) is 13.2. The third-order valence-corrected chi connectivity index (χ3v) is 22.4. The number of unbranched alkanes of at least 4 members (excludes halogenated alkanes) is 44. The Morgan fingerprint density at radius 2 is 0.420 bits per heavy atom. The van der Waals surface area contributed by atoms with Crippen LogP contribution in [0.25, 0.3) is 0 Å². The zero-order chi connectivity index (χ0) is 86.5. The SMILES string of the molecule is CCCCC/C=C\C/C=C\C/C=C\C/C=C\CCCCCCCCCCCCCCCCCCCCCC(=O)OCC(O)COP(=O)(O)OCC(O)COP(=O)(O)OCC(COC(=O)CCCCCCCCCCCCC/C=C\C/C=C\C/C=C\C/C=C\CCCCC)OC(=O)CCCCCCC/C=C\C/C=C\C/C=C\C/C=C\CCCCC. The van der Waals surface area contributed by atoms with Gasteiger partial charge in [-0.1, -0.05) is 391 Å². The summed E-state index contributed by atoms with van der Waals surface area (Å²) in [7, 11) is -9.82. The molecule has 5 atom stereocenters. The van der Waals surface area contributed by atoms with E-state index in [1.807, 2.05) is 0 Å². The Balaban J connectivity index is 4.53. The number of allylic oxidation sites excluding steroid dienone is 24. The lowest BCUT2D eigenvalue weighted by molar-refractivity contribution is -0.161. The van der Waals surface area contributed by atoms with Crippen molar-refractivity contribution >= 4 is 33.6 Å². The van der Waals surface area contributed by atoms with E-state index in [4.69, 9.17) is 32.3 Å². The Morgan fingerprint density at radius 3 is 0.664 bits per heavy atom. The van der Waals surface area contributed by atoms with Crippen molar-refractivity contribution in [1.82, 2.24) is 0 Å². The van der Waals surface area contributed by atoms with Gasteiger partial charge in [0, 0.05) is 19.3 Å². The highest BCUT2D eigenvalue weighted by Gasteiger charge is 2.30. The zero-order valence-corrected chi connectivity index (χ0v) is 77.5. The predicted octanol–water partition coefficient (Wildman–Crippen LogP) is 29.9. The average Bonchev–Trinajstić information content (AvgIpc) is 0.905. The molecule has 4 N–H and O–H groups in total. The molecule has 0 amide bonds. The van der Waals surface area contributed by atoms with Gasteiger partial charge in [0.15, 0.2) is 6.10 Å². The maximum absolute atomic E-state index is 13.1. The molecule has 0 saturated carbocycles. The van der Waals surface area contributed by atoms with Crippen molar-refractivity contribution in [2.45, 2.75) is 437 Å². The minimum Gasteiger partial charge on any atom is -0.463 e. The number of carbonyl (C=O) groups is 3. The first-order valence-corrected chi connectivity index (χ1v) is 51.1. The number of aliphatic hydroxyl groups excluding tert-OH is 2. The number of hydrogen-bond donors (Lipinski definition) is 4. The number of phosphoric ester groups is 2. The van der Waals surface area contributed by atoms with Gasteiger partial charge in [0.2, 0.25) is 0 Å². The van der Waals surface area contributed by atoms with Crippen LogP contribution in [-0.4, -0.2) is 95.9 Å². The molecule has 0 saturated heterocycles. The first kappa shape index (κ1) is 114. The van der Waals surface area contributed by atoms with Crippen LogP contribution < -0.4 is 0 Å². The molecular weight excluding hydrogens is 1530 g/mol. The van der Waals surface area contributed by atoms with Crippen molar-refractivity contribution in [3.63, 3.8) is 0 Å². The van der Waals surface area contributed by atoms with Gasteiger partial charge in [-0.25, -0.2) is 9.13 Å². The van der Waals surface area contributed by atoms with Gasteiger partial charge in [0.05, 0.1) is 26.4 Å². The summed E-state index contributed by atoms with van der Waals surface area (Å²) in [6, 6.07) is 0. The van der Waals surface area contributed by atoms with Gasteiger partial charge in [0.1, 0.15) is 25.4 Å². The van der Waals surface area contributed by atoms with E-state index in [1.54, 1.807) is 0 Å². The van der Waals surface area contributed by atoms with Crippen LogP contribution in [0.1, 0.15) is 419 Å². The number of rotatable bonds is 91. The van der Waals surface area contributed by atoms with E-state index >= 15 is 0 Å². The van der Waals surface area contributed by atoms with Crippen LogP contribution in [0.2, 0.25) is 0 Å². The second-order valence-corrected chi connectivity index (χ2v) is 35.1. The number of esters is 3. The molecule has 0 aliphatic rings. The number of hydrogen-bond acceptors (Lipinski definition) is 14. The summed E-state index contributed by atoms with van der Waals surface area (Å²) in [6.45, 7) is 2.63. The lowest BCUT2D eigenvalue weighted by Crippen LogP contribution is -2.30. The molecule has 5 unspecified atom stereocenters. The lowest BCUT2D eigenvalue weighted by atomic mass is 10.0. The number of ether oxygens (including phenoxy) is 3. The number of phosphoric acid groups is 2. The molecule has 0 aliphatic heterocycles. The molecular formula is C101H176O16P2. The molecule has 0 aromatic rings. The lowest BCUT2D eigenvalue weighted by Gasteiger charge is -2.21. The van der Waals surface area contributed by atoms with E-state index in [1.165, 1.54) is 212 Å². The molecule has 119 heavy (non-hydrogen) atoms. The molecule has 686 valence electrons. The van der Waals surface area contributed by atoms with Gasteiger partial charge in [-0.15, -0.1) is 0 Å². The van der Waals surface area contributed by atoms with Crippen molar-refractivity contribution in [1.29, 1.82) is 0 Å². The molecule has 0 bridgehead atoms. The largest absolute Gasteiger partial charge is 0.472 e. The summed E-state index contributed by atoms with van der Waals surface area (Å²) < 4.78 is 61.5. The van der Waals surface area contributed by atoms with Gasteiger partial charge >= 0.3 is 33.6 Å². The average molecular weight is 1710 g/mol. The molecule has 0 spiro atoms. The maximum atomic E-state index is 13.1. The Bertz CT molecular complexity index is 2740. The second-order valence-electron chi connectivity index (χ2n) is 32.2. The van der Waals surface area contributed by atoms with E-state index in [-0.39, 0.29) is 19.3 Å². The van der Waals surface area contributed by atoms with Crippen molar-refractivity contribution in [2.75, 3.05) is 39.6 Å². The highest BCUT2D eigenvalue weighted by atomic mass is 31.2. The maximum Gasteiger partial charge on any atom is 0.472 e. The summed E-state index contributed by atoms with van der Waals surface area (Å²) in [5, 5.41) is 20.8. The van der Waals surface area contributed by atoms with Crippen molar-refractivity contribution in [2.24, 2.45) is 0 Å². The van der Waals surface area contributed by atoms with E-state index in [9.17, 15) is 43.5 Å². The third kappa shape index (κ3) is 94.0. The minimum atomic E-state index is -4.95. The van der Waals surface area contributed by atoms with E-state index < -0.39 is 91.5 Å². The van der Waals surface area contributed by atoms with Crippen LogP contribution in [0.3, 0.4) is 0 Å². The fraction of sp³-hybridized carbons (Fsp3) is 0.733. The molecule has 0 aliphatic carbocycles. The van der Waals surface area contributed by atoms with Crippen LogP contribution in [0.5, 0.6) is 0 Å². The highest BCUT2D eigenvalue weighted by Crippen LogP contribution is 2.45. The summed E-state index contributed by atoms with van der Waals surface area (Å²) in [5.74, 6) is -1.59. The Labute approximate surface area is 728 Å². The second kappa shape index (κ2) is 92.6. The first-order chi connectivity index (χ1) is 58.2. The molecule has 0 rings (SSSR count). The van der Waals surface area contributed by atoms with Gasteiger partial charge < -0.3 is 34.2 Å². The summed E-state index contributed by atoms with van der Waals surface area (Å²) >= 11 is 0. The summed E-state index contributed by atoms with van der Waals surface area (Å²) in [4.78, 5) is 59.0. The standard InChI is InChI=1S/C101H176O16P2/c1-4-7-10-13-16-19-22-25-28-31-34-37-39-41-43-44-45-46-47-48-49-50-52-54-55-58-60-63-66-69-72-75-78-81-84-87-99(104)111-90-96(102)91-113-118(107,108)114-92-97(103)93-115-119(109,110)116-95-98(117-101(106)89-86-83-80-77-74-71-68-65-62-57-36-33-30-27-24-21-18-15-12-9-6-3)94-112-100(105)88-85-82-79-76-73-70-67-64-61-59-56-53-51-42-40-38-35-32-29-26-23-20-17-14-11-8-5-2/h16-21,25-30,34-38,41-43,51,57,65,68,96-98,102-103H,4-15,22-24,31-33,39-40,44-50,52-56,58-64,66-67,69-95H2,1-3H3,(H,107,108)(H,109,110)/b19-16-,20-17-,21-18-,28-25-,29-26-,30-27-,37-34-,38-35-,43-41-,51-42-,57-36-,68-65-. The quantitative estimate of drug-likeness (QED) is 0.0146. The van der Waals surface area contributed by atoms with Crippen LogP contribution >= 0.6 is 15.6 Å². The molecule has 0 fully saturated rings. The van der Waals surface area contributed by atoms with Gasteiger partial charge in [-0.2, -0.15) is 0 Å². The van der Waals surface area contributed by atoms with Crippen LogP contribution in [0.4, 0.5) is 0 Å². The fourth-order valence-corrected chi connectivity index (χ4v) is 14.8. The van der Waals surface area contributed by atoms with Gasteiger partial charge in [-0.05, 0) is 154 Å². The van der Waals surface area contributed by atoms with Crippen LogP contribution in [-0.2, 0) is 55.8 Å². The molecule has 18 heteroatoms. The third-order valence-electron chi connectivity index (χ3n) is 20.5. The Hall–Kier alpha value is -4.57. The van der Waals surface area contributed by atoms with Gasteiger partial charge in [0.25, 0.3) is 0 Å². The monoisotopic (exact) mass is 1710 g/mol. The van der Waals surface area contributed by atoms with Crippen LogP contribution in [0, 0.1) is 0 Å². The van der Waals surface area contributed by atoms with Crippen molar-refractivity contribution < 1.29 is 75.8 Å². The smallest absolute Gasteiger partial charge is 0.463 e. The summed E-state index contributed by atoms with van der Waals surface area (Å²) in [6.07, 6.45) is 118. The predicted molar refractivity (Wildman–Crippen MR) is 500 cm³/mol. The van der Waals surface area contributed by atoms with E-state index in [0.29, 0.717) is 19.3 Å². The van der Waals surface area contributed by atoms with Gasteiger partial charge in [-0.3, -0.25) is 32.5 Å².